The summed E-state index contributed by atoms with van der Waals surface area (Å²) in [5.41, 5.74) is 3.16. The van der Waals surface area contributed by atoms with Gasteiger partial charge in [-0.2, -0.15) is 5.10 Å². The van der Waals surface area contributed by atoms with Crippen molar-refractivity contribution >= 4 is 28.5 Å². The average molecular weight is 371 g/mol. The molecule has 28 heavy (non-hydrogen) atoms. The number of allylic oxidation sites excluding steroid dienone is 1. The zero-order valence-corrected chi connectivity index (χ0v) is 15.0. The number of carbonyl (C=O) groups excluding carboxylic acids is 2. The predicted molar refractivity (Wildman–Crippen MR) is 106 cm³/mol. The van der Waals surface area contributed by atoms with E-state index in [9.17, 15) is 9.59 Å². The summed E-state index contributed by atoms with van der Waals surface area (Å²) in [5, 5.41) is 15.9. The van der Waals surface area contributed by atoms with Crippen LogP contribution in [0.3, 0.4) is 0 Å². The van der Waals surface area contributed by atoms with Crippen LogP contribution in [0.2, 0.25) is 0 Å². The van der Waals surface area contributed by atoms with Crippen molar-refractivity contribution < 1.29 is 9.59 Å². The number of aromatic amines is 1. The van der Waals surface area contributed by atoms with Gasteiger partial charge in [0.05, 0.1) is 17.3 Å². The first-order valence-electron chi connectivity index (χ1n) is 8.69. The summed E-state index contributed by atoms with van der Waals surface area (Å²) in [7, 11) is 0. The first-order chi connectivity index (χ1) is 13.6. The van der Waals surface area contributed by atoms with Crippen LogP contribution in [0.1, 0.15) is 12.5 Å². The summed E-state index contributed by atoms with van der Waals surface area (Å²) in [5.74, 6) is 5.66. The zero-order valence-electron chi connectivity index (χ0n) is 15.0. The van der Waals surface area contributed by atoms with Crippen molar-refractivity contribution in [3.05, 3.63) is 71.6 Å². The summed E-state index contributed by atoms with van der Waals surface area (Å²) in [6, 6.07) is 13.7. The molecule has 1 aliphatic rings. The molecular formula is C21H17N5O2. The van der Waals surface area contributed by atoms with Crippen molar-refractivity contribution in [3.63, 3.8) is 0 Å². The van der Waals surface area contributed by atoms with Crippen LogP contribution >= 0.6 is 0 Å². The average Bonchev–Trinajstić information content (AvgIpc) is 3.14. The van der Waals surface area contributed by atoms with Crippen LogP contribution in [0.4, 0.5) is 10.5 Å². The molecule has 1 unspecified atom stereocenters. The Morgan fingerprint density at radius 2 is 2.00 bits per heavy atom. The summed E-state index contributed by atoms with van der Waals surface area (Å²) < 4.78 is 0. The van der Waals surface area contributed by atoms with Gasteiger partial charge >= 0.3 is 6.03 Å². The highest BCUT2D eigenvalue weighted by Gasteiger charge is 2.28. The second-order valence-corrected chi connectivity index (χ2v) is 6.33. The largest absolute Gasteiger partial charge is 0.322 e. The topological polar surface area (TPSA) is 98.9 Å². The molecular weight excluding hydrogens is 354 g/mol. The van der Waals surface area contributed by atoms with Crippen molar-refractivity contribution in [2.75, 3.05) is 5.32 Å². The molecule has 2 heterocycles. The van der Waals surface area contributed by atoms with E-state index in [2.05, 4.69) is 38.0 Å². The number of amides is 3. The molecule has 3 aromatic rings. The number of aromatic nitrogens is 2. The lowest BCUT2D eigenvalue weighted by atomic mass is 10.0. The van der Waals surface area contributed by atoms with Gasteiger partial charge in [0.2, 0.25) is 0 Å². The van der Waals surface area contributed by atoms with Crippen LogP contribution < -0.4 is 16.0 Å². The number of fused-ring (bicyclic) bond motifs is 1. The molecule has 4 N–H and O–H groups in total. The van der Waals surface area contributed by atoms with Crippen molar-refractivity contribution in [1.82, 2.24) is 20.8 Å². The van der Waals surface area contributed by atoms with Gasteiger partial charge in [0.25, 0.3) is 5.91 Å². The number of benzene rings is 2. The van der Waals surface area contributed by atoms with Crippen molar-refractivity contribution in [2.24, 2.45) is 0 Å². The number of nitrogens with zero attached hydrogens (tertiary/aromatic N) is 1. The van der Waals surface area contributed by atoms with E-state index in [1.54, 1.807) is 19.2 Å². The fraction of sp³-hybridized carbons (Fsp3) is 0.0952. The molecule has 1 aromatic heterocycles. The van der Waals surface area contributed by atoms with Crippen LogP contribution in [0, 0.1) is 11.8 Å². The van der Waals surface area contributed by atoms with Gasteiger partial charge in [0, 0.05) is 22.3 Å². The van der Waals surface area contributed by atoms with Crippen LogP contribution in [-0.4, -0.2) is 28.2 Å². The second-order valence-electron chi connectivity index (χ2n) is 6.33. The van der Waals surface area contributed by atoms with Gasteiger partial charge in [-0.25, -0.2) is 4.79 Å². The molecule has 0 fully saturated rings. The Kier molecular flexibility index (Phi) is 4.52. The molecule has 7 heteroatoms. The molecule has 138 valence electrons. The lowest BCUT2D eigenvalue weighted by Crippen LogP contribution is -2.50. The Morgan fingerprint density at radius 3 is 2.82 bits per heavy atom. The molecule has 0 bridgehead atoms. The van der Waals surface area contributed by atoms with E-state index in [1.807, 2.05) is 42.5 Å². The number of rotatable bonds is 2. The quantitative estimate of drug-likeness (QED) is 0.521. The van der Waals surface area contributed by atoms with Gasteiger partial charge in [-0.15, -0.1) is 0 Å². The molecule has 0 aliphatic carbocycles. The highest BCUT2D eigenvalue weighted by molar-refractivity contribution is 6.07. The SMILES string of the molecule is CC1=C(C(=O)Nc2ccc3[nH]ncc3c2)C(C#Cc2ccccc2)NC(=O)N1. The Morgan fingerprint density at radius 1 is 1.18 bits per heavy atom. The lowest BCUT2D eigenvalue weighted by Gasteiger charge is -2.25. The van der Waals surface area contributed by atoms with Crippen LogP contribution in [0.5, 0.6) is 0 Å². The number of urea groups is 1. The highest BCUT2D eigenvalue weighted by Crippen LogP contribution is 2.19. The van der Waals surface area contributed by atoms with Crippen LogP contribution in [-0.2, 0) is 4.79 Å². The van der Waals surface area contributed by atoms with E-state index in [0.717, 1.165) is 16.5 Å². The molecule has 2 aromatic carbocycles. The number of H-pyrrole nitrogens is 1. The molecule has 0 radical (unpaired) electrons. The third-order valence-electron chi connectivity index (χ3n) is 4.35. The van der Waals surface area contributed by atoms with E-state index in [1.165, 1.54) is 0 Å². The van der Waals surface area contributed by atoms with Crippen molar-refractivity contribution in [1.29, 1.82) is 0 Å². The maximum absolute atomic E-state index is 12.9. The Labute approximate surface area is 161 Å². The molecule has 1 aliphatic heterocycles. The lowest BCUT2D eigenvalue weighted by molar-refractivity contribution is -0.113. The predicted octanol–water partition coefficient (Wildman–Crippen LogP) is 2.51. The Bertz CT molecular complexity index is 1150. The third kappa shape index (κ3) is 3.57. The van der Waals surface area contributed by atoms with E-state index < -0.39 is 6.04 Å². The summed E-state index contributed by atoms with van der Waals surface area (Å²) in [6.07, 6.45) is 1.69. The number of hydrogen-bond acceptors (Lipinski definition) is 3. The van der Waals surface area contributed by atoms with Crippen LogP contribution in [0.25, 0.3) is 10.9 Å². The normalized spacial score (nSPS) is 16.0. The van der Waals surface area contributed by atoms with E-state index in [4.69, 9.17) is 0 Å². The smallest absolute Gasteiger partial charge is 0.320 e. The summed E-state index contributed by atoms with van der Waals surface area (Å²) in [6.45, 7) is 1.68. The molecule has 0 spiro atoms. The van der Waals surface area contributed by atoms with Gasteiger partial charge < -0.3 is 16.0 Å². The van der Waals surface area contributed by atoms with Crippen molar-refractivity contribution in [3.8, 4) is 11.8 Å². The molecule has 4 rings (SSSR count). The van der Waals surface area contributed by atoms with Crippen LogP contribution in [0.15, 0.2) is 66.0 Å². The highest BCUT2D eigenvalue weighted by atomic mass is 16.2. The van der Waals surface area contributed by atoms with Gasteiger partial charge in [-0.1, -0.05) is 30.0 Å². The number of hydrogen-bond donors (Lipinski definition) is 4. The third-order valence-corrected chi connectivity index (χ3v) is 4.35. The Balaban J connectivity index is 1.61. The molecule has 0 saturated carbocycles. The standard InChI is InChI=1S/C21H17N5O2/c1-13-19(20(27)24-16-8-10-17-15(11-16)12-22-26-17)18(25-21(28)23-13)9-7-14-5-3-2-4-6-14/h2-6,8,10-12,18H,1H3,(H,22,26)(H,24,27)(H2,23,25,28). The summed E-state index contributed by atoms with van der Waals surface area (Å²) in [4.78, 5) is 24.8. The van der Waals surface area contributed by atoms with Gasteiger partial charge in [0.1, 0.15) is 6.04 Å². The monoisotopic (exact) mass is 371 g/mol. The molecule has 7 nitrogen and oxygen atoms in total. The van der Waals surface area contributed by atoms with Gasteiger partial charge in [0.15, 0.2) is 0 Å². The fourth-order valence-electron chi connectivity index (χ4n) is 3.00. The molecule has 0 saturated heterocycles. The van der Waals surface area contributed by atoms with Gasteiger partial charge in [-0.3, -0.25) is 9.89 Å². The van der Waals surface area contributed by atoms with E-state index in [0.29, 0.717) is 17.0 Å². The Hall–Kier alpha value is -4.05. The first-order valence-corrected chi connectivity index (χ1v) is 8.69. The second kappa shape index (κ2) is 7.29. The first kappa shape index (κ1) is 17.4. The molecule has 3 amide bonds. The minimum atomic E-state index is -0.716. The fourth-order valence-corrected chi connectivity index (χ4v) is 3.00. The summed E-state index contributed by atoms with van der Waals surface area (Å²) >= 11 is 0. The van der Waals surface area contributed by atoms with Gasteiger partial charge in [-0.05, 0) is 37.3 Å². The maximum atomic E-state index is 12.9. The zero-order chi connectivity index (χ0) is 19.5. The van der Waals surface area contributed by atoms with E-state index >= 15 is 0 Å². The minimum absolute atomic E-state index is 0.333. The molecule has 1 atom stereocenters. The number of anilines is 1. The maximum Gasteiger partial charge on any atom is 0.320 e. The minimum Gasteiger partial charge on any atom is -0.322 e. The number of nitrogens with one attached hydrogen (secondary N) is 4. The van der Waals surface area contributed by atoms with E-state index in [-0.39, 0.29) is 11.9 Å². The van der Waals surface area contributed by atoms with Crippen molar-refractivity contribution in [2.45, 2.75) is 13.0 Å². The number of carbonyl (C=O) groups is 2.